The molecule has 4 heteroatoms. The van der Waals surface area contributed by atoms with Gasteiger partial charge >= 0.3 is 5.97 Å². The molecule has 0 aliphatic rings. The molecule has 0 spiro atoms. The first-order valence-corrected chi connectivity index (χ1v) is 8.27. The van der Waals surface area contributed by atoms with Crippen molar-refractivity contribution < 1.29 is 9.53 Å². The zero-order valence-electron chi connectivity index (χ0n) is 13.2. The van der Waals surface area contributed by atoms with Gasteiger partial charge in [0.1, 0.15) is 0 Å². The van der Waals surface area contributed by atoms with E-state index in [2.05, 4.69) is 16.9 Å². The zero-order chi connectivity index (χ0) is 15.2. The molecule has 0 amide bonds. The molecular formula is C17H28N2O2. The van der Waals surface area contributed by atoms with Crippen LogP contribution in [0, 0.1) is 0 Å². The van der Waals surface area contributed by atoms with Crippen LogP contribution in [0.25, 0.3) is 0 Å². The van der Waals surface area contributed by atoms with E-state index in [9.17, 15) is 4.79 Å². The first-order chi connectivity index (χ1) is 10.3. The maximum atomic E-state index is 11.6. The number of hydrogen-bond donors (Lipinski definition) is 0. The van der Waals surface area contributed by atoms with Crippen molar-refractivity contribution in [3.8, 4) is 0 Å². The highest BCUT2D eigenvalue weighted by atomic mass is 16.5. The first-order valence-electron chi connectivity index (χ1n) is 8.27. The van der Waals surface area contributed by atoms with Crippen LogP contribution in [0.3, 0.4) is 0 Å². The Morgan fingerprint density at radius 2 is 1.57 bits per heavy atom. The summed E-state index contributed by atoms with van der Waals surface area (Å²) in [5, 5.41) is 0. The van der Waals surface area contributed by atoms with Crippen molar-refractivity contribution in [2.75, 3.05) is 6.61 Å². The summed E-state index contributed by atoms with van der Waals surface area (Å²) in [6.07, 6.45) is 17.2. The van der Waals surface area contributed by atoms with E-state index in [1.807, 2.05) is 0 Å². The van der Waals surface area contributed by atoms with Gasteiger partial charge in [0.25, 0.3) is 0 Å². The summed E-state index contributed by atoms with van der Waals surface area (Å²) in [5.74, 6) is -0.376. The Morgan fingerprint density at radius 1 is 0.952 bits per heavy atom. The molecule has 1 aromatic rings. The summed E-state index contributed by atoms with van der Waals surface area (Å²) in [6.45, 7) is 2.73. The number of hydrogen-bond acceptors (Lipinski definition) is 4. The Morgan fingerprint density at radius 3 is 2.14 bits per heavy atom. The first kappa shape index (κ1) is 17.6. The van der Waals surface area contributed by atoms with Crippen LogP contribution in [0.1, 0.15) is 81.6 Å². The quantitative estimate of drug-likeness (QED) is 0.419. The van der Waals surface area contributed by atoms with E-state index in [1.165, 1.54) is 63.8 Å². The van der Waals surface area contributed by atoms with Crippen LogP contribution < -0.4 is 0 Å². The lowest BCUT2D eigenvalue weighted by Gasteiger charge is -2.04. The standard InChI is InChI=1S/C17H28N2O2/c1-2-3-4-5-6-7-8-9-10-11-14-21-17(20)16-15-18-12-13-19-16/h12-13,15H,2-11,14H2,1H3. The maximum absolute atomic E-state index is 11.6. The number of ether oxygens (including phenoxy) is 1. The molecule has 0 fully saturated rings. The van der Waals surface area contributed by atoms with Crippen LogP contribution in [0.5, 0.6) is 0 Å². The van der Waals surface area contributed by atoms with E-state index in [1.54, 1.807) is 6.20 Å². The lowest BCUT2D eigenvalue weighted by Crippen LogP contribution is -2.08. The van der Waals surface area contributed by atoms with Crippen LogP contribution in [0.2, 0.25) is 0 Å². The maximum Gasteiger partial charge on any atom is 0.358 e. The fourth-order valence-electron chi connectivity index (χ4n) is 2.23. The van der Waals surface area contributed by atoms with E-state index in [4.69, 9.17) is 4.74 Å². The van der Waals surface area contributed by atoms with Crippen LogP contribution in [0.15, 0.2) is 18.6 Å². The van der Waals surface area contributed by atoms with Crippen molar-refractivity contribution in [1.29, 1.82) is 0 Å². The lowest BCUT2D eigenvalue weighted by molar-refractivity contribution is 0.0490. The molecule has 1 rings (SSSR count). The van der Waals surface area contributed by atoms with E-state index in [0.29, 0.717) is 6.61 Å². The highest BCUT2D eigenvalue weighted by Gasteiger charge is 2.07. The van der Waals surface area contributed by atoms with Gasteiger partial charge in [0, 0.05) is 12.4 Å². The Balaban J connectivity index is 1.88. The number of rotatable bonds is 12. The van der Waals surface area contributed by atoms with Crippen molar-refractivity contribution in [3.63, 3.8) is 0 Å². The molecule has 4 nitrogen and oxygen atoms in total. The SMILES string of the molecule is CCCCCCCCCCCCOC(=O)c1cnccn1. The third-order valence-corrected chi connectivity index (χ3v) is 3.50. The van der Waals surface area contributed by atoms with E-state index >= 15 is 0 Å². The average Bonchev–Trinajstić information content (AvgIpc) is 2.53. The van der Waals surface area contributed by atoms with Gasteiger partial charge in [-0.2, -0.15) is 0 Å². The van der Waals surface area contributed by atoms with E-state index in [0.717, 1.165) is 12.8 Å². The van der Waals surface area contributed by atoms with Gasteiger partial charge in [0.2, 0.25) is 0 Å². The van der Waals surface area contributed by atoms with Crippen LogP contribution >= 0.6 is 0 Å². The number of esters is 1. The predicted octanol–water partition coefficient (Wildman–Crippen LogP) is 4.55. The van der Waals surface area contributed by atoms with Gasteiger partial charge in [0.15, 0.2) is 5.69 Å². The van der Waals surface area contributed by atoms with Gasteiger partial charge in [-0.3, -0.25) is 4.98 Å². The summed E-state index contributed by atoms with van der Waals surface area (Å²) in [6, 6.07) is 0. The second kappa shape index (κ2) is 12.3. The second-order valence-electron chi connectivity index (χ2n) is 5.41. The van der Waals surface area contributed by atoms with E-state index < -0.39 is 0 Å². The predicted molar refractivity (Wildman–Crippen MR) is 84.2 cm³/mol. The van der Waals surface area contributed by atoms with Crippen molar-refractivity contribution in [3.05, 3.63) is 24.3 Å². The zero-order valence-corrected chi connectivity index (χ0v) is 13.2. The van der Waals surface area contributed by atoms with Gasteiger partial charge < -0.3 is 4.74 Å². The minimum atomic E-state index is -0.376. The molecule has 0 aliphatic carbocycles. The third kappa shape index (κ3) is 9.16. The molecule has 0 atom stereocenters. The normalized spacial score (nSPS) is 10.5. The number of nitrogens with zero attached hydrogens (tertiary/aromatic N) is 2. The molecule has 1 aromatic heterocycles. The summed E-state index contributed by atoms with van der Waals surface area (Å²) >= 11 is 0. The molecule has 0 N–H and O–H groups in total. The van der Waals surface area contributed by atoms with Crippen molar-refractivity contribution in [2.45, 2.75) is 71.1 Å². The Labute approximate surface area is 128 Å². The summed E-state index contributed by atoms with van der Waals surface area (Å²) in [5.41, 5.74) is 0.282. The van der Waals surface area contributed by atoms with Crippen molar-refractivity contribution in [2.24, 2.45) is 0 Å². The largest absolute Gasteiger partial charge is 0.461 e. The number of unbranched alkanes of at least 4 members (excludes halogenated alkanes) is 9. The molecule has 0 saturated heterocycles. The van der Waals surface area contributed by atoms with Crippen LogP contribution in [0.4, 0.5) is 0 Å². The summed E-state index contributed by atoms with van der Waals surface area (Å²) in [7, 11) is 0. The van der Waals surface area contributed by atoms with Gasteiger partial charge in [-0.15, -0.1) is 0 Å². The molecule has 118 valence electrons. The lowest BCUT2D eigenvalue weighted by atomic mass is 10.1. The van der Waals surface area contributed by atoms with Crippen LogP contribution in [-0.4, -0.2) is 22.5 Å². The molecule has 0 unspecified atom stereocenters. The molecular weight excluding hydrogens is 264 g/mol. The Bertz CT molecular complexity index is 368. The number of carbonyl (C=O) groups excluding carboxylic acids is 1. The molecule has 0 bridgehead atoms. The molecule has 0 radical (unpaired) electrons. The highest BCUT2D eigenvalue weighted by molar-refractivity contribution is 5.86. The van der Waals surface area contributed by atoms with Gasteiger partial charge in [-0.05, 0) is 6.42 Å². The molecule has 0 aromatic carbocycles. The molecule has 0 saturated carbocycles. The second-order valence-corrected chi connectivity index (χ2v) is 5.41. The minimum absolute atomic E-state index is 0.282. The fraction of sp³-hybridized carbons (Fsp3) is 0.706. The van der Waals surface area contributed by atoms with Gasteiger partial charge in [-0.1, -0.05) is 64.7 Å². The van der Waals surface area contributed by atoms with Gasteiger partial charge in [-0.25, -0.2) is 9.78 Å². The Hall–Kier alpha value is -1.45. The Kier molecular flexibility index (Phi) is 10.3. The van der Waals surface area contributed by atoms with Gasteiger partial charge in [0.05, 0.1) is 12.8 Å². The smallest absolute Gasteiger partial charge is 0.358 e. The molecule has 21 heavy (non-hydrogen) atoms. The third-order valence-electron chi connectivity index (χ3n) is 3.50. The fourth-order valence-corrected chi connectivity index (χ4v) is 2.23. The summed E-state index contributed by atoms with van der Waals surface area (Å²) in [4.78, 5) is 19.3. The monoisotopic (exact) mass is 292 g/mol. The molecule has 0 aliphatic heterocycles. The minimum Gasteiger partial charge on any atom is -0.461 e. The van der Waals surface area contributed by atoms with Crippen molar-refractivity contribution in [1.82, 2.24) is 9.97 Å². The topological polar surface area (TPSA) is 52.1 Å². The van der Waals surface area contributed by atoms with Crippen LogP contribution in [-0.2, 0) is 4.74 Å². The summed E-state index contributed by atoms with van der Waals surface area (Å²) < 4.78 is 5.16. The van der Waals surface area contributed by atoms with E-state index in [-0.39, 0.29) is 11.7 Å². The molecule has 1 heterocycles. The number of aromatic nitrogens is 2. The number of carbonyl (C=O) groups is 1. The average molecular weight is 292 g/mol. The van der Waals surface area contributed by atoms with Crippen molar-refractivity contribution >= 4 is 5.97 Å². The highest BCUT2D eigenvalue weighted by Crippen LogP contribution is 2.10.